The third-order valence-corrected chi connectivity index (χ3v) is 1.29. The van der Waals surface area contributed by atoms with Gasteiger partial charge in [-0.3, -0.25) is 4.99 Å². The molecule has 0 fully saturated rings. The van der Waals surface area contributed by atoms with Crippen molar-refractivity contribution in [2.24, 2.45) is 10.7 Å². The third-order valence-electron chi connectivity index (χ3n) is 1.29. The zero-order valence-corrected chi connectivity index (χ0v) is 7.70. The van der Waals surface area contributed by atoms with E-state index >= 15 is 0 Å². The summed E-state index contributed by atoms with van der Waals surface area (Å²) in [5.74, 6) is -1.57. The van der Waals surface area contributed by atoms with E-state index in [1.165, 1.54) is 14.2 Å². The van der Waals surface area contributed by atoms with Crippen LogP contribution in [0.2, 0.25) is 0 Å². The van der Waals surface area contributed by atoms with Gasteiger partial charge in [0, 0.05) is 7.05 Å². The molecular weight excluding hydrogens is 176 g/mol. The van der Waals surface area contributed by atoms with E-state index < -0.39 is 11.9 Å². The smallest absolute Gasteiger partial charge is 0.348 e. The number of rotatable bonds is 3. The lowest BCUT2D eigenvalue weighted by Crippen LogP contribution is -2.24. The van der Waals surface area contributed by atoms with Crippen molar-refractivity contribution in [1.29, 1.82) is 0 Å². The van der Waals surface area contributed by atoms with Crippen LogP contribution in [0.4, 0.5) is 0 Å². The number of ether oxygens (including phenoxy) is 2. The average molecular weight is 188 g/mol. The summed E-state index contributed by atoms with van der Waals surface area (Å²) in [6, 6.07) is 0. The predicted octanol–water partition coefficient (Wildman–Crippen LogP) is -0.438. The average Bonchev–Trinajstić information content (AvgIpc) is 2.16. The normalized spacial score (nSPS) is 13.3. The van der Waals surface area contributed by atoms with Gasteiger partial charge in [-0.25, -0.2) is 4.79 Å². The summed E-state index contributed by atoms with van der Waals surface area (Å²) in [5, 5.41) is 9.12. The van der Waals surface area contributed by atoms with Gasteiger partial charge in [0.15, 0.2) is 5.57 Å². The molecule has 0 amide bonds. The molecular formula is C7H12N2O4. The fourth-order valence-corrected chi connectivity index (χ4v) is 0.617. The van der Waals surface area contributed by atoms with Crippen LogP contribution in [-0.4, -0.2) is 38.2 Å². The molecule has 0 spiro atoms. The first-order valence-corrected chi connectivity index (χ1v) is 3.36. The number of aliphatic hydroxyl groups excluding tert-OH is 1. The lowest BCUT2D eigenvalue weighted by atomic mass is 10.2. The van der Waals surface area contributed by atoms with Crippen LogP contribution >= 0.6 is 0 Å². The summed E-state index contributed by atoms with van der Waals surface area (Å²) >= 11 is 0. The van der Waals surface area contributed by atoms with Crippen LogP contribution < -0.4 is 5.73 Å². The maximum absolute atomic E-state index is 11.0. The molecule has 0 aliphatic carbocycles. The van der Waals surface area contributed by atoms with Crippen LogP contribution in [0.5, 0.6) is 0 Å². The molecule has 0 rings (SSSR count). The molecule has 0 atom stereocenters. The number of amidine groups is 1. The molecule has 3 N–H and O–H groups in total. The lowest BCUT2D eigenvalue weighted by molar-refractivity contribution is -0.136. The molecule has 0 saturated heterocycles. The monoisotopic (exact) mass is 188 g/mol. The molecule has 74 valence electrons. The molecule has 0 aromatic carbocycles. The number of hydrogen-bond acceptors (Lipinski definition) is 5. The van der Waals surface area contributed by atoms with Gasteiger partial charge in [-0.1, -0.05) is 0 Å². The Morgan fingerprint density at radius 2 is 1.92 bits per heavy atom. The van der Waals surface area contributed by atoms with E-state index in [2.05, 4.69) is 14.5 Å². The Morgan fingerprint density at radius 1 is 1.38 bits per heavy atom. The van der Waals surface area contributed by atoms with Crippen molar-refractivity contribution >= 4 is 11.8 Å². The van der Waals surface area contributed by atoms with Gasteiger partial charge < -0.3 is 20.3 Å². The molecule has 6 heteroatoms. The topological polar surface area (TPSA) is 94.1 Å². The highest BCUT2D eigenvalue weighted by Crippen LogP contribution is 2.04. The van der Waals surface area contributed by atoms with Gasteiger partial charge in [0.25, 0.3) is 5.95 Å². The Labute approximate surface area is 75.7 Å². The molecule has 13 heavy (non-hydrogen) atoms. The molecule has 0 bridgehead atoms. The molecule has 0 aromatic heterocycles. The van der Waals surface area contributed by atoms with Gasteiger partial charge in [-0.05, 0) is 0 Å². The second-order valence-corrected chi connectivity index (χ2v) is 1.98. The van der Waals surface area contributed by atoms with Crippen LogP contribution in [0.3, 0.4) is 0 Å². The van der Waals surface area contributed by atoms with E-state index in [-0.39, 0.29) is 11.4 Å². The van der Waals surface area contributed by atoms with Gasteiger partial charge in [0.1, 0.15) is 5.84 Å². The number of esters is 1. The highest BCUT2D eigenvalue weighted by molar-refractivity contribution is 6.18. The number of nitrogens with zero attached hydrogens (tertiary/aromatic N) is 1. The first kappa shape index (κ1) is 11.3. The van der Waals surface area contributed by atoms with Crippen LogP contribution in [0.15, 0.2) is 16.5 Å². The van der Waals surface area contributed by atoms with Crippen molar-refractivity contribution in [3.63, 3.8) is 0 Å². The van der Waals surface area contributed by atoms with Crippen LogP contribution in [0.1, 0.15) is 0 Å². The fraction of sp³-hybridized carbons (Fsp3) is 0.429. The predicted molar refractivity (Wildman–Crippen MR) is 46.2 cm³/mol. The summed E-state index contributed by atoms with van der Waals surface area (Å²) in [4.78, 5) is 14.6. The van der Waals surface area contributed by atoms with E-state index in [0.29, 0.717) is 0 Å². The molecule has 0 aromatic rings. The molecule has 0 aliphatic rings. The highest BCUT2D eigenvalue weighted by atomic mass is 16.6. The lowest BCUT2D eigenvalue weighted by Gasteiger charge is -2.05. The van der Waals surface area contributed by atoms with Crippen molar-refractivity contribution in [2.45, 2.75) is 0 Å². The Morgan fingerprint density at radius 3 is 2.23 bits per heavy atom. The standard InChI is InChI=1S/C7H12N2O4/c1-9-5(8)4(6(10)12-2)7(11)13-3/h10H,1-3H3,(H2,8,9). The second kappa shape index (κ2) is 5.02. The summed E-state index contributed by atoms with van der Waals surface area (Å²) in [5.41, 5.74) is 5.04. The van der Waals surface area contributed by atoms with E-state index in [1.807, 2.05) is 0 Å². The second-order valence-electron chi connectivity index (χ2n) is 1.98. The van der Waals surface area contributed by atoms with Crippen molar-refractivity contribution < 1.29 is 19.4 Å². The number of carbonyl (C=O) groups is 1. The third kappa shape index (κ3) is 2.66. The molecule has 0 saturated carbocycles. The summed E-state index contributed by atoms with van der Waals surface area (Å²) in [7, 11) is 3.73. The first-order chi connectivity index (χ1) is 6.08. The van der Waals surface area contributed by atoms with Gasteiger partial charge >= 0.3 is 5.97 Å². The maximum Gasteiger partial charge on any atom is 0.348 e. The minimum absolute atomic E-state index is 0.147. The number of aliphatic hydroxyl groups is 1. The van der Waals surface area contributed by atoms with Gasteiger partial charge in [0.05, 0.1) is 14.2 Å². The highest BCUT2D eigenvalue weighted by Gasteiger charge is 2.20. The van der Waals surface area contributed by atoms with E-state index in [1.54, 1.807) is 0 Å². The van der Waals surface area contributed by atoms with Crippen LogP contribution in [0, 0.1) is 0 Å². The van der Waals surface area contributed by atoms with Crippen molar-refractivity contribution in [1.82, 2.24) is 0 Å². The summed E-state index contributed by atoms with van der Waals surface area (Å²) in [6.07, 6.45) is 0. The molecule has 6 nitrogen and oxygen atoms in total. The summed E-state index contributed by atoms with van der Waals surface area (Å²) in [6.45, 7) is 0. The molecule has 0 heterocycles. The molecule has 0 unspecified atom stereocenters. The molecule has 0 radical (unpaired) electrons. The van der Waals surface area contributed by atoms with Gasteiger partial charge in [0.2, 0.25) is 0 Å². The van der Waals surface area contributed by atoms with Gasteiger partial charge in [-0.15, -0.1) is 0 Å². The number of nitrogens with two attached hydrogens (primary N) is 1. The summed E-state index contributed by atoms with van der Waals surface area (Å²) < 4.78 is 8.79. The zero-order valence-electron chi connectivity index (χ0n) is 7.70. The number of hydrogen-bond donors (Lipinski definition) is 2. The Hall–Kier alpha value is -1.72. The Kier molecular flexibility index (Phi) is 4.36. The largest absolute Gasteiger partial charge is 0.480 e. The number of methoxy groups -OCH3 is 2. The van der Waals surface area contributed by atoms with Crippen LogP contribution in [0.25, 0.3) is 0 Å². The molecule has 0 aliphatic heterocycles. The Bertz CT molecular complexity index is 257. The fourth-order valence-electron chi connectivity index (χ4n) is 0.617. The number of aliphatic imine (C=N–C) groups is 1. The van der Waals surface area contributed by atoms with E-state index in [4.69, 9.17) is 10.8 Å². The van der Waals surface area contributed by atoms with Crippen LogP contribution in [-0.2, 0) is 14.3 Å². The first-order valence-electron chi connectivity index (χ1n) is 3.36. The quantitative estimate of drug-likeness (QED) is 0.206. The van der Waals surface area contributed by atoms with Gasteiger partial charge in [-0.2, -0.15) is 0 Å². The minimum Gasteiger partial charge on any atom is -0.480 e. The Balaban J connectivity index is 5.10. The van der Waals surface area contributed by atoms with Crippen molar-refractivity contribution in [2.75, 3.05) is 21.3 Å². The van der Waals surface area contributed by atoms with E-state index in [0.717, 1.165) is 7.11 Å². The maximum atomic E-state index is 11.0. The van der Waals surface area contributed by atoms with Crippen molar-refractivity contribution in [3.05, 3.63) is 11.5 Å². The zero-order chi connectivity index (χ0) is 10.4. The van der Waals surface area contributed by atoms with E-state index in [9.17, 15) is 4.79 Å². The number of carbonyl (C=O) groups excluding carboxylic acids is 1. The minimum atomic E-state index is -0.803. The van der Waals surface area contributed by atoms with Crippen molar-refractivity contribution in [3.8, 4) is 0 Å². The SMILES string of the molecule is CN=C(N)C(C(=O)OC)=C(O)OC.